The molecule has 0 unspecified atom stereocenters. The largest absolute Gasteiger partial charge is 0.372 e. The van der Waals surface area contributed by atoms with Crippen molar-refractivity contribution >= 4 is 28.4 Å². The lowest BCUT2D eigenvalue weighted by Crippen LogP contribution is -2.04. The normalized spacial score (nSPS) is 10.0. The van der Waals surface area contributed by atoms with Crippen molar-refractivity contribution in [3.05, 3.63) is 15.1 Å². The maximum absolute atomic E-state index is 4.34. The van der Waals surface area contributed by atoms with Crippen molar-refractivity contribution in [2.45, 2.75) is 20.3 Å². The second-order valence-electron chi connectivity index (χ2n) is 2.48. The van der Waals surface area contributed by atoms with E-state index in [-0.39, 0.29) is 0 Å². The van der Waals surface area contributed by atoms with Crippen molar-refractivity contribution in [1.82, 2.24) is 9.97 Å². The molecule has 0 spiro atoms. The Morgan fingerprint density at radius 2 is 2.08 bits per heavy atom. The Kier molecular flexibility index (Phi) is 3.25. The molecule has 0 saturated heterocycles. The highest BCUT2D eigenvalue weighted by molar-refractivity contribution is 14.1. The molecule has 3 nitrogen and oxygen atoms in total. The maximum Gasteiger partial charge on any atom is 0.143 e. The quantitative estimate of drug-likeness (QED) is 0.840. The molecule has 0 aliphatic rings. The monoisotopic (exact) mass is 277 g/mol. The van der Waals surface area contributed by atoms with Crippen LogP contribution in [0.1, 0.15) is 18.4 Å². The summed E-state index contributed by atoms with van der Waals surface area (Å²) in [6, 6.07) is 0. The summed E-state index contributed by atoms with van der Waals surface area (Å²) in [5.74, 6) is 1.76. The number of hydrogen-bond acceptors (Lipinski definition) is 3. The third-order valence-electron chi connectivity index (χ3n) is 1.60. The predicted molar refractivity (Wildman–Crippen MR) is 58.4 cm³/mol. The Balaban J connectivity index is 3.22. The fraction of sp³-hybridized carbons (Fsp3) is 0.500. The zero-order chi connectivity index (χ0) is 9.14. The number of aryl methyl sites for hydroxylation is 2. The second kappa shape index (κ2) is 4.02. The van der Waals surface area contributed by atoms with Gasteiger partial charge in [-0.15, -0.1) is 0 Å². The van der Waals surface area contributed by atoms with Crippen molar-refractivity contribution < 1.29 is 0 Å². The van der Waals surface area contributed by atoms with E-state index in [1.54, 1.807) is 0 Å². The Labute approximate surface area is 86.1 Å². The summed E-state index contributed by atoms with van der Waals surface area (Å²) in [5.41, 5.74) is 1.12. The molecule has 0 aliphatic carbocycles. The highest BCUT2D eigenvalue weighted by atomic mass is 127. The van der Waals surface area contributed by atoms with Crippen LogP contribution in [0.15, 0.2) is 0 Å². The van der Waals surface area contributed by atoms with Crippen LogP contribution in [0.5, 0.6) is 0 Å². The van der Waals surface area contributed by atoms with E-state index in [0.29, 0.717) is 0 Å². The van der Waals surface area contributed by atoms with Crippen LogP contribution >= 0.6 is 22.6 Å². The average molecular weight is 277 g/mol. The minimum absolute atomic E-state index is 0.830. The molecule has 0 aliphatic heterocycles. The van der Waals surface area contributed by atoms with E-state index in [1.807, 2.05) is 14.0 Å². The fourth-order valence-corrected chi connectivity index (χ4v) is 1.91. The molecule has 1 rings (SSSR count). The minimum Gasteiger partial charge on any atom is -0.372 e. The lowest BCUT2D eigenvalue weighted by molar-refractivity contribution is 0.937. The van der Waals surface area contributed by atoms with E-state index in [4.69, 9.17) is 0 Å². The molecule has 1 N–H and O–H groups in total. The molecule has 66 valence electrons. The molecule has 4 heteroatoms. The van der Waals surface area contributed by atoms with Gasteiger partial charge in [-0.2, -0.15) is 0 Å². The minimum atomic E-state index is 0.830. The summed E-state index contributed by atoms with van der Waals surface area (Å²) >= 11 is 2.27. The lowest BCUT2D eigenvalue weighted by atomic mass is 10.3. The van der Waals surface area contributed by atoms with Gasteiger partial charge in [0.25, 0.3) is 0 Å². The maximum atomic E-state index is 4.34. The number of nitrogens with one attached hydrogen (secondary N) is 1. The summed E-state index contributed by atoms with van der Waals surface area (Å²) in [6.45, 7) is 4.01. The highest BCUT2D eigenvalue weighted by Crippen LogP contribution is 2.18. The molecule has 0 radical (unpaired) electrons. The van der Waals surface area contributed by atoms with E-state index >= 15 is 0 Å². The summed E-state index contributed by atoms with van der Waals surface area (Å²) < 4.78 is 1.13. The van der Waals surface area contributed by atoms with Crippen LogP contribution in [0.25, 0.3) is 0 Å². The van der Waals surface area contributed by atoms with Crippen molar-refractivity contribution in [1.29, 1.82) is 0 Å². The van der Waals surface area contributed by atoms with E-state index in [2.05, 4.69) is 44.8 Å². The average Bonchev–Trinajstić information content (AvgIpc) is 2.08. The van der Waals surface area contributed by atoms with Crippen LogP contribution in [0, 0.1) is 10.5 Å². The smallest absolute Gasteiger partial charge is 0.143 e. The SMILES string of the molecule is CCc1nc(C)nc(NC)c1I. The van der Waals surface area contributed by atoms with Gasteiger partial charge in [0.2, 0.25) is 0 Å². The van der Waals surface area contributed by atoms with Crippen LogP contribution in [0.3, 0.4) is 0 Å². The molecule has 0 aromatic carbocycles. The Bertz CT molecular complexity index is 261. The molecule has 0 atom stereocenters. The number of nitrogens with zero attached hydrogens (tertiary/aromatic N) is 2. The molecule has 0 amide bonds. The first-order valence-electron chi connectivity index (χ1n) is 3.89. The third kappa shape index (κ3) is 1.85. The number of aromatic nitrogens is 2. The summed E-state index contributed by atoms with van der Waals surface area (Å²) in [6.07, 6.45) is 0.955. The van der Waals surface area contributed by atoms with Crippen LogP contribution in [-0.2, 0) is 6.42 Å². The fourth-order valence-electron chi connectivity index (χ4n) is 1.02. The number of anilines is 1. The number of halogens is 1. The van der Waals surface area contributed by atoms with Gasteiger partial charge in [-0.3, -0.25) is 0 Å². The molecular weight excluding hydrogens is 265 g/mol. The van der Waals surface area contributed by atoms with Gasteiger partial charge in [0.1, 0.15) is 11.6 Å². The summed E-state index contributed by atoms with van der Waals surface area (Å²) in [7, 11) is 1.88. The zero-order valence-corrected chi connectivity index (χ0v) is 9.64. The van der Waals surface area contributed by atoms with Gasteiger partial charge in [0.15, 0.2) is 0 Å². The van der Waals surface area contributed by atoms with Crippen molar-refractivity contribution in [2.24, 2.45) is 0 Å². The molecule has 1 aromatic rings. The predicted octanol–water partition coefficient (Wildman–Crippen LogP) is 1.99. The van der Waals surface area contributed by atoms with E-state index in [9.17, 15) is 0 Å². The Morgan fingerprint density at radius 3 is 2.58 bits per heavy atom. The molecule has 12 heavy (non-hydrogen) atoms. The first-order valence-corrected chi connectivity index (χ1v) is 4.97. The second-order valence-corrected chi connectivity index (χ2v) is 3.56. The van der Waals surface area contributed by atoms with Gasteiger partial charge in [-0.1, -0.05) is 6.92 Å². The topological polar surface area (TPSA) is 37.8 Å². The molecule has 0 saturated carbocycles. The Morgan fingerprint density at radius 1 is 1.42 bits per heavy atom. The number of rotatable bonds is 2. The van der Waals surface area contributed by atoms with Gasteiger partial charge in [0, 0.05) is 7.05 Å². The van der Waals surface area contributed by atoms with Gasteiger partial charge in [-0.05, 0) is 35.9 Å². The van der Waals surface area contributed by atoms with E-state index in [0.717, 1.165) is 27.3 Å². The standard InChI is InChI=1S/C8H12IN3/c1-4-6-7(9)8(10-3)12-5(2)11-6/h4H2,1-3H3,(H,10,11,12). The Hall–Kier alpha value is -0.390. The molecule has 0 fully saturated rings. The molecule has 0 bridgehead atoms. The van der Waals surface area contributed by atoms with Gasteiger partial charge in [-0.25, -0.2) is 9.97 Å². The molecule has 1 aromatic heterocycles. The first kappa shape index (κ1) is 9.70. The van der Waals surface area contributed by atoms with E-state index in [1.165, 1.54) is 0 Å². The van der Waals surface area contributed by atoms with Crippen molar-refractivity contribution in [3.8, 4) is 0 Å². The first-order chi connectivity index (χ1) is 5.69. The van der Waals surface area contributed by atoms with Gasteiger partial charge < -0.3 is 5.32 Å². The highest BCUT2D eigenvalue weighted by Gasteiger charge is 2.06. The van der Waals surface area contributed by atoms with Gasteiger partial charge in [0.05, 0.1) is 9.26 Å². The number of hydrogen-bond donors (Lipinski definition) is 1. The molecule has 1 heterocycles. The lowest BCUT2D eigenvalue weighted by Gasteiger charge is -2.07. The van der Waals surface area contributed by atoms with E-state index < -0.39 is 0 Å². The van der Waals surface area contributed by atoms with Crippen LogP contribution < -0.4 is 5.32 Å². The summed E-state index contributed by atoms with van der Waals surface area (Å²) in [4.78, 5) is 8.61. The van der Waals surface area contributed by atoms with Crippen LogP contribution in [-0.4, -0.2) is 17.0 Å². The van der Waals surface area contributed by atoms with Crippen molar-refractivity contribution in [2.75, 3.05) is 12.4 Å². The zero-order valence-electron chi connectivity index (χ0n) is 7.48. The van der Waals surface area contributed by atoms with Crippen LogP contribution in [0.2, 0.25) is 0 Å². The van der Waals surface area contributed by atoms with Crippen LogP contribution in [0.4, 0.5) is 5.82 Å². The van der Waals surface area contributed by atoms with Gasteiger partial charge >= 0.3 is 0 Å². The van der Waals surface area contributed by atoms with Crippen molar-refractivity contribution in [3.63, 3.8) is 0 Å². The summed E-state index contributed by atoms with van der Waals surface area (Å²) in [5, 5.41) is 3.05. The molecular formula is C8H12IN3. The third-order valence-corrected chi connectivity index (χ3v) is 2.74.